The largest absolute Gasteiger partial charge is 0.467 e. The molecule has 0 saturated carbocycles. The van der Waals surface area contributed by atoms with Gasteiger partial charge in [-0.05, 0) is 38.9 Å². The van der Waals surface area contributed by atoms with E-state index in [1.807, 2.05) is 0 Å². The van der Waals surface area contributed by atoms with Crippen molar-refractivity contribution in [1.82, 2.24) is 14.9 Å². The summed E-state index contributed by atoms with van der Waals surface area (Å²) in [5.41, 5.74) is 0. The maximum atomic E-state index is 6.04. The van der Waals surface area contributed by atoms with Gasteiger partial charge in [0.25, 0.3) is 0 Å². The minimum absolute atomic E-state index is 0.338. The second kappa shape index (κ2) is 6.20. The lowest BCUT2D eigenvalue weighted by Crippen LogP contribution is -2.33. The van der Waals surface area contributed by atoms with Gasteiger partial charge in [0.2, 0.25) is 0 Å². The first kappa shape index (κ1) is 13.4. The van der Waals surface area contributed by atoms with E-state index in [2.05, 4.69) is 27.2 Å². The predicted octanol–water partition coefficient (Wildman–Crippen LogP) is 1.89. The first-order valence-electron chi connectivity index (χ1n) is 6.18. The minimum atomic E-state index is 0.338. The summed E-state index contributed by atoms with van der Waals surface area (Å²) in [5.74, 6) is 1.33. The van der Waals surface area contributed by atoms with Gasteiger partial charge in [0, 0.05) is 6.54 Å². The molecule has 0 aliphatic carbocycles. The quantitative estimate of drug-likeness (QED) is 0.906. The minimum Gasteiger partial charge on any atom is -0.467 e. The van der Waals surface area contributed by atoms with Crippen LogP contribution < -0.4 is 10.1 Å². The fourth-order valence-corrected chi connectivity index (χ4v) is 2.24. The molecule has 0 unspecified atom stereocenters. The number of likely N-dealkylation sites (tertiary alicyclic amines) is 1. The van der Waals surface area contributed by atoms with Crippen LogP contribution in [0.4, 0.5) is 5.82 Å². The Balaban J connectivity index is 1.89. The van der Waals surface area contributed by atoms with Crippen molar-refractivity contribution in [2.24, 2.45) is 5.92 Å². The molecule has 6 heteroatoms. The molecule has 1 aromatic heterocycles. The van der Waals surface area contributed by atoms with E-state index in [4.69, 9.17) is 16.3 Å². The summed E-state index contributed by atoms with van der Waals surface area (Å²) in [6.07, 6.45) is 3.98. The lowest BCUT2D eigenvalue weighted by Gasteiger charge is -2.29. The van der Waals surface area contributed by atoms with E-state index in [9.17, 15) is 0 Å². The highest BCUT2D eigenvalue weighted by molar-refractivity contribution is 6.32. The number of nitrogens with zero attached hydrogens (tertiary/aromatic N) is 3. The van der Waals surface area contributed by atoms with Crippen LogP contribution in [-0.4, -0.2) is 48.7 Å². The Morgan fingerprint density at radius 3 is 2.89 bits per heavy atom. The van der Waals surface area contributed by atoms with Gasteiger partial charge < -0.3 is 15.0 Å². The van der Waals surface area contributed by atoms with Crippen molar-refractivity contribution in [2.45, 2.75) is 12.8 Å². The molecule has 1 fully saturated rings. The van der Waals surface area contributed by atoms with Gasteiger partial charge in [0.05, 0.1) is 13.3 Å². The highest BCUT2D eigenvalue weighted by atomic mass is 35.5. The van der Waals surface area contributed by atoms with Crippen molar-refractivity contribution in [3.05, 3.63) is 11.2 Å². The van der Waals surface area contributed by atoms with Crippen LogP contribution in [-0.2, 0) is 0 Å². The van der Waals surface area contributed by atoms with Gasteiger partial charge >= 0.3 is 6.01 Å². The fraction of sp³-hybridized carbons (Fsp3) is 0.667. The second-order valence-corrected chi connectivity index (χ2v) is 5.09. The molecule has 5 nitrogen and oxygen atoms in total. The number of piperidine rings is 1. The average molecular weight is 271 g/mol. The zero-order valence-electron chi connectivity index (χ0n) is 10.8. The number of rotatable bonds is 4. The summed E-state index contributed by atoms with van der Waals surface area (Å²) in [6, 6.07) is 0.338. The first-order chi connectivity index (χ1) is 8.69. The molecular weight excluding hydrogens is 252 g/mol. The summed E-state index contributed by atoms with van der Waals surface area (Å²) in [4.78, 5) is 10.5. The Labute approximate surface area is 113 Å². The summed E-state index contributed by atoms with van der Waals surface area (Å²) >= 11 is 6.04. The third kappa shape index (κ3) is 3.46. The van der Waals surface area contributed by atoms with Crippen molar-refractivity contribution < 1.29 is 4.74 Å². The highest BCUT2D eigenvalue weighted by Gasteiger charge is 2.17. The van der Waals surface area contributed by atoms with E-state index in [-0.39, 0.29) is 0 Å². The number of ether oxygens (including phenoxy) is 1. The SMILES string of the molecule is COc1ncc(Cl)c(NCC2CCN(C)CC2)n1. The lowest BCUT2D eigenvalue weighted by molar-refractivity contribution is 0.226. The summed E-state index contributed by atoms with van der Waals surface area (Å²) < 4.78 is 4.99. The number of aromatic nitrogens is 2. The molecule has 0 amide bonds. The van der Waals surface area contributed by atoms with Gasteiger partial charge in [0.15, 0.2) is 5.82 Å². The molecular formula is C12H19ClN4O. The molecule has 2 heterocycles. The number of nitrogens with one attached hydrogen (secondary N) is 1. The van der Waals surface area contributed by atoms with E-state index in [1.165, 1.54) is 12.8 Å². The average Bonchev–Trinajstić information content (AvgIpc) is 2.40. The molecule has 0 bridgehead atoms. The lowest BCUT2D eigenvalue weighted by atomic mass is 9.97. The molecule has 0 radical (unpaired) electrons. The summed E-state index contributed by atoms with van der Waals surface area (Å²) in [6.45, 7) is 3.22. The van der Waals surface area contributed by atoms with E-state index in [1.54, 1.807) is 13.3 Å². The third-order valence-electron chi connectivity index (χ3n) is 3.30. The molecule has 1 saturated heterocycles. The molecule has 1 N–H and O–H groups in total. The standard InChI is InChI=1S/C12H19ClN4O/c1-17-5-3-9(4-6-17)7-14-11-10(13)8-15-12(16-11)18-2/h8-9H,3-7H2,1-2H3,(H,14,15,16). The van der Waals surface area contributed by atoms with Crippen LogP contribution in [0.5, 0.6) is 6.01 Å². The maximum absolute atomic E-state index is 6.04. The molecule has 0 atom stereocenters. The van der Waals surface area contributed by atoms with Crippen LogP contribution in [0.25, 0.3) is 0 Å². The number of anilines is 1. The maximum Gasteiger partial charge on any atom is 0.318 e. The van der Waals surface area contributed by atoms with Crippen LogP contribution in [0.3, 0.4) is 0 Å². The fourth-order valence-electron chi connectivity index (χ4n) is 2.08. The zero-order valence-corrected chi connectivity index (χ0v) is 11.6. The number of halogens is 1. The molecule has 2 rings (SSSR count). The predicted molar refractivity (Wildman–Crippen MR) is 72.3 cm³/mol. The van der Waals surface area contributed by atoms with E-state index in [0.717, 1.165) is 19.6 Å². The normalized spacial score (nSPS) is 17.7. The molecule has 18 heavy (non-hydrogen) atoms. The van der Waals surface area contributed by atoms with Gasteiger partial charge in [-0.25, -0.2) is 4.98 Å². The van der Waals surface area contributed by atoms with Crippen molar-refractivity contribution in [1.29, 1.82) is 0 Å². The Kier molecular flexibility index (Phi) is 4.60. The smallest absolute Gasteiger partial charge is 0.318 e. The van der Waals surface area contributed by atoms with Crippen LogP contribution in [0.1, 0.15) is 12.8 Å². The first-order valence-corrected chi connectivity index (χ1v) is 6.55. The molecule has 1 aliphatic rings. The molecule has 1 aliphatic heterocycles. The highest BCUT2D eigenvalue weighted by Crippen LogP contribution is 2.22. The summed E-state index contributed by atoms with van der Waals surface area (Å²) in [7, 11) is 3.71. The third-order valence-corrected chi connectivity index (χ3v) is 3.58. The van der Waals surface area contributed by atoms with Crippen LogP contribution in [0.2, 0.25) is 5.02 Å². The Morgan fingerprint density at radius 2 is 2.22 bits per heavy atom. The molecule has 0 aromatic carbocycles. The zero-order chi connectivity index (χ0) is 13.0. The van der Waals surface area contributed by atoms with E-state index >= 15 is 0 Å². The van der Waals surface area contributed by atoms with Crippen LogP contribution in [0, 0.1) is 5.92 Å². The Hall–Kier alpha value is -1.07. The van der Waals surface area contributed by atoms with Crippen molar-refractivity contribution in [3.8, 4) is 6.01 Å². The van der Waals surface area contributed by atoms with Gasteiger partial charge in [0.1, 0.15) is 5.02 Å². The van der Waals surface area contributed by atoms with E-state index < -0.39 is 0 Å². The van der Waals surface area contributed by atoms with Crippen molar-refractivity contribution in [2.75, 3.05) is 39.1 Å². The molecule has 100 valence electrons. The topological polar surface area (TPSA) is 50.3 Å². The van der Waals surface area contributed by atoms with Gasteiger partial charge in [-0.3, -0.25) is 0 Å². The van der Waals surface area contributed by atoms with Gasteiger partial charge in [-0.15, -0.1) is 0 Å². The van der Waals surface area contributed by atoms with Gasteiger partial charge in [-0.2, -0.15) is 4.98 Å². The van der Waals surface area contributed by atoms with Crippen LogP contribution >= 0.6 is 11.6 Å². The monoisotopic (exact) mass is 270 g/mol. The molecule has 0 spiro atoms. The molecule has 1 aromatic rings. The number of methoxy groups -OCH3 is 1. The van der Waals surface area contributed by atoms with Crippen molar-refractivity contribution >= 4 is 17.4 Å². The Bertz CT molecular complexity index is 394. The van der Waals surface area contributed by atoms with E-state index in [0.29, 0.717) is 22.8 Å². The number of hydrogen-bond donors (Lipinski definition) is 1. The van der Waals surface area contributed by atoms with Gasteiger partial charge in [-0.1, -0.05) is 11.6 Å². The Morgan fingerprint density at radius 1 is 1.50 bits per heavy atom. The summed E-state index contributed by atoms with van der Waals surface area (Å²) in [5, 5.41) is 3.82. The second-order valence-electron chi connectivity index (χ2n) is 4.68. The number of hydrogen-bond acceptors (Lipinski definition) is 5. The van der Waals surface area contributed by atoms with Crippen molar-refractivity contribution in [3.63, 3.8) is 0 Å². The van der Waals surface area contributed by atoms with Crippen LogP contribution in [0.15, 0.2) is 6.20 Å².